The lowest BCUT2D eigenvalue weighted by atomic mass is 9.86. The SMILES string of the molecule is C#Cc1ccc(S(=O)(=O)C(C)(C)C2CCN(C(=O)NC(/C=C\N)=C/N)CC2)c(C)c1. The number of piperidine rings is 1. The Kier molecular flexibility index (Phi) is 7.21. The first-order chi connectivity index (χ1) is 14.1. The molecule has 8 heteroatoms. The van der Waals surface area contributed by atoms with Gasteiger partial charge in [0.15, 0.2) is 9.84 Å². The second-order valence-electron chi connectivity index (χ2n) is 7.90. The molecule has 162 valence electrons. The second kappa shape index (κ2) is 9.26. The molecule has 0 aromatic heterocycles. The van der Waals surface area contributed by atoms with Crippen molar-refractivity contribution in [1.29, 1.82) is 0 Å². The van der Waals surface area contributed by atoms with Gasteiger partial charge < -0.3 is 21.7 Å². The van der Waals surface area contributed by atoms with E-state index in [0.717, 1.165) is 0 Å². The normalized spacial score (nSPS) is 16.5. The first-order valence-electron chi connectivity index (χ1n) is 9.76. The first kappa shape index (κ1) is 23.4. The van der Waals surface area contributed by atoms with E-state index in [1.54, 1.807) is 43.9 Å². The number of terminal acetylenes is 1. The molecule has 0 unspecified atom stereocenters. The minimum absolute atomic E-state index is 0.0910. The molecule has 7 nitrogen and oxygen atoms in total. The predicted octanol–water partition coefficient (Wildman–Crippen LogP) is 2.22. The summed E-state index contributed by atoms with van der Waals surface area (Å²) in [6.07, 6.45) is 10.6. The van der Waals surface area contributed by atoms with Gasteiger partial charge >= 0.3 is 6.03 Å². The van der Waals surface area contributed by atoms with Crippen LogP contribution in [0, 0.1) is 25.2 Å². The molecular formula is C22H30N4O3S. The Hall–Kier alpha value is -2.92. The van der Waals surface area contributed by atoms with Crippen LogP contribution >= 0.6 is 0 Å². The van der Waals surface area contributed by atoms with E-state index in [1.807, 2.05) is 0 Å². The number of likely N-dealkylation sites (tertiary alicyclic amines) is 1. The minimum Gasteiger partial charge on any atom is -0.405 e. The predicted molar refractivity (Wildman–Crippen MR) is 119 cm³/mol. The maximum Gasteiger partial charge on any atom is 0.321 e. The maximum atomic E-state index is 13.5. The van der Waals surface area contributed by atoms with Crippen molar-refractivity contribution in [3.05, 3.63) is 53.5 Å². The highest BCUT2D eigenvalue weighted by atomic mass is 32.2. The van der Waals surface area contributed by atoms with Crippen LogP contribution in [-0.2, 0) is 9.84 Å². The fourth-order valence-electron chi connectivity index (χ4n) is 3.77. The molecule has 0 bridgehead atoms. The zero-order valence-electron chi connectivity index (χ0n) is 17.7. The fourth-order valence-corrected chi connectivity index (χ4v) is 5.74. The lowest BCUT2D eigenvalue weighted by Crippen LogP contribution is -2.49. The summed E-state index contributed by atoms with van der Waals surface area (Å²) in [5, 5.41) is 2.69. The van der Waals surface area contributed by atoms with Crippen LogP contribution in [-0.4, -0.2) is 37.2 Å². The zero-order valence-corrected chi connectivity index (χ0v) is 18.5. The number of rotatable bonds is 5. The van der Waals surface area contributed by atoms with Gasteiger partial charge in [-0.15, -0.1) is 6.42 Å². The number of urea groups is 1. The highest BCUT2D eigenvalue weighted by Gasteiger charge is 2.44. The molecular weight excluding hydrogens is 400 g/mol. The van der Waals surface area contributed by atoms with Gasteiger partial charge in [-0.2, -0.15) is 0 Å². The van der Waals surface area contributed by atoms with Crippen molar-refractivity contribution in [2.45, 2.75) is 43.3 Å². The van der Waals surface area contributed by atoms with Gasteiger partial charge in [0.25, 0.3) is 0 Å². The Labute approximate surface area is 179 Å². The highest BCUT2D eigenvalue weighted by Crippen LogP contribution is 2.39. The minimum atomic E-state index is -3.60. The number of aryl methyl sites for hydroxylation is 1. The molecule has 0 aliphatic carbocycles. The van der Waals surface area contributed by atoms with Crippen LogP contribution in [0.3, 0.4) is 0 Å². The molecule has 0 saturated carbocycles. The molecule has 1 fully saturated rings. The smallest absolute Gasteiger partial charge is 0.321 e. The van der Waals surface area contributed by atoms with Gasteiger partial charge in [-0.05, 0) is 75.6 Å². The summed E-state index contributed by atoms with van der Waals surface area (Å²) in [6.45, 7) is 6.19. The molecule has 0 spiro atoms. The Balaban J connectivity index is 2.14. The fraction of sp³-hybridized carbons (Fsp3) is 0.409. The van der Waals surface area contributed by atoms with E-state index in [-0.39, 0.29) is 11.9 Å². The van der Waals surface area contributed by atoms with Crippen LogP contribution < -0.4 is 16.8 Å². The molecule has 0 radical (unpaired) electrons. The van der Waals surface area contributed by atoms with Crippen LogP contribution in [0.5, 0.6) is 0 Å². The summed E-state index contributed by atoms with van der Waals surface area (Å²) >= 11 is 0. The molecule has 1 heterocycles. The van der Waals surface area contributed by atoms with Crippen molar-refractivity contribution in [2.75, 3.05) is 13.1 Å². The molecule has 2 rings (SSSR count). The topological polar surface area (TPSA) is 119 Å². The van der Waals surface area contributed by atoms with Crippen LogP contribution in [0.1, 0.15) is 37.8 Å². The van der Waals surface area contributed by atoms with E-state index in [9.17, 15) is 13.2 Å². The maximum absolute atomic E-state index is 13.5. The number of allylic oxidation sites excluding steroid dienone is 1. The highest BCUT2D eigenvalue weighted by molar-refractivity contribution is 7.92. The molecule has 1 aromatic carbocycles. The summed E-state index contributed by atoms with van der Waals surface area (Å²) in [5.74, 6) is 2.44. The first-order valence-corrected chi connectivity index (χ1v) is 11.2. The van der Waals surface area contributed by atoms with Gasteiger partial charge in [0.05, 0.1) is 15.3 Å². The number of amides is 2. The number of hydrogen-bond donors (Lipinski definition) is 3. The van der Waals surface area contributed by atoms with E-state index < -0.39 is 14.6 Å². The summed E-state index contributed by atoms with van der Waals surface area (Å²) < 4.78 is 25.9. The van der Waals surface area contributed by atoms with Crippen LogP contribution in [0.15, 0.2) is 47.3 Å². The zero-order chi connectivity index (χ0) is 22.5. The third kappa shape index (κ3) is 4.62. The van der Waals surface area contributed by atoms with Gasteiger partial charge in [0, 0.05) is 24.9 Å². The average molecular weight is 431 g/mol. The van der Waals surface area contributed by atoms with E-state index in [2.05, 4.69) is 11.2 Å². The van der Waals surface area contributed by atoms with Crippen molar-refractivity contribution in [2.24, 2.45) is 17.4 Å². The quantitative estimate of drug-likeness (QED) is 0.489. The van der Waals surface area contributed by atoms with Gasteiger partial charge in [-0.1, -0.05) is 5.92 Å². The molecule has 5 N–H and O–H groups in total. The third-order valence-corrected chi connectivity index (χ3v) is 8.55. The Bertz CT molecular complexity index is 996. The summed E-state index contributed by atoms with van der Waals surface area (Å²) in [6, 6.07) is 4.68. The average Bonchev–Trinajstić information content (AvgIpc) is 2.72. The number of nitrogens with zero attached hydrogens (tertiary/aromatic N) is 1. The molecule has 30 heavy (non-hydrogen) atoms. The van der Waals surface area contributed by atoms with Crippen molar-refractivity contribution >= 4 is 15.9 Å². The summed E-state index contributed by atoms with van der Waals surface area (Å²) in [7, 11) is -3.60. The third-order valence-electron chi connectivity index (χ3n) is 5.80. The van der Waals surface area contributed by atoms with Crippen LogP contribution in [0.25, 0.3) is 0 Å². The molecule has 2 amide bonds. The lowest BCUT2D eigenvalue weighted by Gasteiger charge is -2.40. The van der Waals surface area contributed by atoms with Gasteiger partial charge in [-0.25, -0.2) is 13.2 Å². The number of nitrogens with two attached hydrogens (primary N) is 2. The van der Waals surface area contributed by atoms with Gasteiger partial charge in [0.2, 0.25) is 0 Å². The summed E-state index contributed by atoms with van der Waals surface area (Å²) in [4.78, 5) is 14.4. The number of carbonyl (C=O) groups excluding carboxylic acids is 1. The monoisotopic (exact) mass is 430 g/mol. The lowest BCUT2D eigenvalue weighted by molar-refractivity contribution is 0.163. The Morgan fingerprint density at radius 2 is 1.93 bits per heavy atom. The standard InChI is InChI=1S/C22H30N4O3S/c1-5-17-6-7-20(16(2)14-17)30(28,29)22(3,4)18-9-12-26(13-10-18)21(27)25-19(15-24)8-11-23/h1,6-8,11,14-15,18H,9-10,12-13,23-24H2,2-4H3,(H,25,27)/b11-8-,19-15+. The molecule has 1 saturated heterocycles. The summed E-state index contributed by atoms with van der Waals surface area (Å²) in [5.41, 5.74) is 12.5. The Morgan fingerprint density at radius 3 is 2.43 bits per heavy atom. The molecule has 1 aliphatic heterocycles. The number of benzene rings is 1. The van der Waals surface area contributed by atoms with Crippen LogP contribution in [0.2, 0.25) is 0 Å². The van der Waals surface area contributed by atoms with Crippen molar-refractivity contribution in [1.82, 2.24) is 10.2 Å². The Morgan fingerprint density at radius 1 is 1.30 bits per heavy atom. The van der Waals surface area contributed by atoms with E-state index in [4.69, 9.17) is 17.9 Å². The second-order valence-corrected chi connectivity index (χ2v) is 10.4. The molecule has 1 aromatic rings. The number of sulfone groups is 1. The van der Waals surface area contributed by atoms with Crippen molar-refractivity contribution < 1.29 is 13.2 Å². The van der Waals surface area contributed by atoms with E-state index in [0.29, 0.717) is 47.7 Å². The van der Waals surface area contributed by atoms with Crippen LogP contribution in [0.4, 0.5) is 4.79 Å². The van der Waals surface area contributed by atoms with Gasteiger partial charge in [-0.3, -0.25) is 0 Å². The molecule has 1 aliphatic rings. The number of carbonyl (C=O) groups is 1. The molecule has 0 atom stereocenters. The van der Waals surface area contributed by atoms with Crippen molar-refractivity contribution in [3.63, 3.8) is 0 Å². The van der Waals surface area contributed by atoms with E-state index in [1.165, 1.54) is 18.5 Å². The number of nitrogens with one attached hydrogen (secondary N) is 1. The number of hydrogen-bond acceptors (Lipinski definition) is 5. The van der Waals surface area contributed by atoms with E-state index >= 15 is 0 Å². The van der Waals surface area contributed by atoms with Gasteiger partial charge in [0.1, 0.15) is 0 Å². The largest absolute Gasteiger partial charge is 0.405 e. The van der Waals surface area contributed by atoms with Crippen molar-refractivity contribution in [3.8, 4) is 12.3 Å².